The Hall–Kier alpha value is -3.48. The van der Waals surface area contributed by atoms with Gasteiger partial charge >= 0.3 is 0 Å². The number of hydrogen-bond donors (Lipinski definition) is 2. The van der Waals surface area contributed by atoms with Crippen LogP contribution in [0.3, 0.4) is 0 Å². The summed E-state index contributed by atoms with van der Waals surface area (Å²) in [5.41, 5.74) is 2.23. The number of amides is 1. The first kappa shape index (κ1) is 15.1. The molecule has 25 heavy (non-hydrogen) atoms. The minimum atomic E-state index is -0.272. The second kappa shape index (κ2) is 5.86. The lowest BCUT2D eigenvalue weighted by Crippen LogP contribution is -2.18. The maximum atomic E-state index is 12.4. The summed E-state index contributed by atoms with van der Waals surface area (Å²) < 4.78 is 5.42. The molecule has 0 saturated heterocycles. The molecule has 0 atom stereocenters. The summed E-state index contributed by atoms with van der Waals surface area (Å²) in [5.74, 6) is 0.339. The minimum absolute atomic E-state index is 0.0488. The molecule has 2 aromatic carbocycles. The molecule has 7 nitrogen and oxygen atoms in total. The Kier molecular flexibility index (Phi) is 3.53. The third-order valence-electron chi connectivity index (χ3n) is 3.88. The largest absolute Gasteiger partial charge is 0.441 e. The standard InChI is InChI=1S/C18H14N4O3/c1-10-19-15-8-11(6-7-16(15)25-10)20-17(23)9-14-12-4-2-3-5-13(12)18(24)22-21-14/h2-8H,9H2,1H3,(H,20,23)(H,22,24). The molecule has 2 aromatic heterocycles. The number of anilines is 1. The molecule has 0 fully saturated rings. The molecule has 7 heteroatoms. The number of benzene rings is 2. The Morgan fingerprint density at radius 2 is 2.00 bits per heavy atom. The Morgan fingerprint density at radius 3 is 2.84 bits per heavy atom. The summed E-state index contributed by atoms with van der Waals surface area (Å²) in [7, 11) is 0. The number of hydrogen-bond acceptors (Lipinski definition) is 5. The lowest BCUT2D eigenvalue weighted by atomic mass is 10.1. The van der Waals surface area contributed by atoms with Crippen molar-refractivity contribution in [1.82, 2.24) is 15.2 Å². The highest BCUT2D eigenvalue weighted by Gasteiger charge is 2.12. The van der Waals surface area contributed by atoms with Crippen LogP contribution in [0.25, 0.3) is 21.9 Å². The third-order valence-corrected chi connectivity index (χ3v) is 3.88. The zero-order valence-corrected chi connectivity index (χ0v) is 13.4. The lowest BCUT2D eigenvalue weighted by Gasteiger charge is -2.06. The quantitative estimate of drug-likeness (QED) is 0.599. The van der Waals surface area contributed by atoms with Gasteiger partial charge in [0, 0.05) is 18.0 Å². The van der Waals surface area contributed by atoms with Crippen LogP contribution >= 0.6 is 0 Å². The van der Waals surface area contributed by atoms with Gasteiger partial charge in [-0.2, -0.15) is 5.10 Å². The molecule has 0 bridgehead atoms. The van der Waals surface area contributed by atoms with Crippen molar-refractivity contribution in [2.75, 3.05) is 5.32 Å². The number of oxazole rings is 1. The second-order valence-corrected chi connectivity index (χ2v) is 5.69. The maximum absolute atomic E-state index is 12.4. The normalized spacial score (nSPS) is 11.1. The van der Waals surface area contributed by atoms with E-state index in [-0.39, 0.29) is 17.9 Å². The van der Waals surface area contributed by atoms with E-state index in [2.05, 4.69) is 20.5 Å². The van der Waals surface area contributed by atoms with Crippen molar-refractivity contribution in [2.24, 2.45) is 0 Å². The summed E-state index contributed by atoms with van der Waals surface area (Å²) in [6.07, 6.45) is 0.0488. The first-order valence-corrected chi connectivity index (χ1v) is 7.73. The number of aromatic amines is 1. The molecule has 2 N–H and O–H groups in total. The molecule has 1 amide bonds. The number of carbonyl (C=O) groups is 1. The fraction of sp³-hybridized carbons (Fsp3) is 0.111. The van der Waals surface area contributed by atoms with Crippen LogP contribution in [-0.4, -0.2) is 21.1 Å². The number of nitrogens with one attached hydrogen (secondary N) is 2. The number of fused-ring (bicyclic) bond motifs is 2. The Balaban J connectivity index is 1.59. The summed E-state index contributed by atoms with van der Waals surface area (Å²) in [4.78, 5) is 28.4. The van der Waals surface area contributed by atoms with Gasteiger partial charge in [0.25, 0.3) is 5.56 Å². The average Bonchev–Trinajstić information content (AvgIpc) is 2.97. The maximum Gasteiger partial charge on any atom is 0.272 e. The van der Waals surface area contributed by atoms with Gasteiger partial charge in [0.15, 0.2) is 11.5 Å². The van der Waals surface area contributed by atoms with Crippen molar-refractivity contribution in [2.45, 2.75) is 13.3 Å². The highest BCUT2D eigenvalue weighted by atomic mass is 16.3. The molecule has 4 rings (SSSR count). The summed E-state index contributed by atoms with van der Waals surface area (Å²) in [6, 6.07) is 12.3. The fourth-order valence-corrected chi connectivity index (χ4v) is 2.78. The topological polar surface area (TPSA) is 101 Å². The van der Waals surface area contributed by atoms with Crippen LogP contribution in [0.5, 0.6) is 0 Å². The van der Waals surface area contributed by atoms with E-state index in [1.165, 1.54) is 0 Å². The first-order chi connectivity index (χ1) is 12.1. The van der Waals surface area contributed by atoms with Gasteiger partial charge in [-0.1, -0.05) is 18.2 Å². The molecule has 0 aliphatic heterocycles. The Labute approximate surface area is 141 Å². The van der Waals surface area contributed by atoms with Gasteiger partial charge in [-0.3, -0.25) is 9.59 Å². The average molecular weight is 334 g/mol. The number of aryl methyl sites for hydroxylation is 1. The van der Waals surface area contributed by atoms with E-state index in [0.717, 1.165) is 0 Å². The van der Waals surface area contributed by atoms with Gasteiger partial charge in [-0.25, -0.2) is 10.1 Å². The van der Waals surface area contributed by atoms with Crippen molar-refractivity contribution >= 4 is 33.5 Å². The molecule has 2 heterocycles. The first-order valence-electron chi connectivity index (χ1n) is 7.73. The van der Waals surface area contributed by atoms with E-state index >= 15 is 0 Å². The van der Waals surface area contributed by atoms with Gasteiger partial charge < -0.3 is 9.73 Å². The van der Waals surface area contributed by atoms with E-state index in [1.807, 2.05) is 6.07 Å². The zero-order chi connectivity index (χ0) is 17.4. The molecule has 0 aliphatic carbocycles. The van der Waals surface area contributed by atoms with Crippen LogP contribution in [0, 0.1) is 6.92 Å². The summed E-state index contributed by atoms with van der Waals surface area (Å²) in [5, 5.41) is 10.4. The van der Waals surface area contributed by atoms with Gasteiger partial charge in [0.1, 0.15) is 5.52 Å². The molecule has 0 saturated carbocycles. The summed E-state index contributed by atoms with van der Waals surface area (Å²) in [6.45, 7) is 1.77. The van der Waals surface area contributed by atoms with E-state index in [0.29, 0.717) is 39.1 Å². The smallest absolute Gasteiger partial charge is 0.272 e. The van der Waals surface area contributed by atoms with Crippen molar-refractivity contribution < 1.29 is 9.21 Å². The van der Waals surface area contributed by atoms with Crippen molar-refractivity contribution in [3.8, 4) is 0 Å². The third kappa shape index (κ3) is 2.87. The predicted molar refractivity (Wildman–Crippen MR) is 93.4 cm³/mol. The zero-order valence-electron chi connectivity index (χ0n) is 13.4. The van der Waals surface area contributed by atoms with E-state index in [4.69, 9.17) is 4.42 Å². The van der Waals surface area contributed by atoms with Crippen molar-refractivity contribution in [3.63, 3.8) is 0 Å². The fourth-order valence-electron chi connectivity index (χ4n) is 2.78. The minimum Gasteiger partial charge on any atom is -0.441 e. The Morgan fingerprint density at radius 1 is 1.20 bits per heavy atom. The number of nitrogens with zero attached hydrogens (tertiary/aromatic N) is 2. The van der Waals surface area contributed by atoms with Crippen LogP contribution in [0.15, 0.2) is 51.7 Å². The second-order valence-electron chi connectivity index (χ2n) is 5.69. The molecule has 0 radical (unpaired) electrons. The molecule has 124 valence electrons. The van der Waals surface area contributed by atoms with E-state index < -0.39 is 0 Å². The van der Waals surface area contributed by atoms with Crippen LogP contribution in [0.4, 0.5) is 5.69 Å². The highest BCUT2D eigenvalue weighted by Crippen LogP contribution is 2.20. The summed E-state index contributed by atoms with van der Waals surface area (Å²) >= 11 is 0. The molecular formula is C18H14N4O3. The number of rotatable bonds is 3. The van der Waals surface area contributed by atoms with Gasteiger partial charge in [0.05, 0.1) is 17.5 Å². The van der Waals surface area contributed by atoms with Crippen molar-refractivity contribution in [1.29, 1.82) is 0 Å². The van der Waals surface area contributed by atoms with Gasteiger partial charge in [-0.15, -0.1) is 0 Å². The molecule has 4 aromatic rings. The van der Waals surface area contributed by atoms with Crippen molar-refractivity contribution in [3.05, 3.63) is 64.4 Å². The predicted octanol–water partition coefficient (Wildman–Crippen LogP) is 2.55. The van der Waals surface area contributed by atoms with E-state index in [1.54, 1.807) is 43.3 Å². The van der Waals surface area contributed by atoms with Gasteiger partial charge in [-0.05, 0) is 24.3 Å². The van der Waals surface area contributed by atoms with Crippen LogP contribution in [0.2, 0.25) is 0 Å². The lowest BCUT2D eigenvalue weighted by molar-refractivity contribution is -0.115. The van der Waals surface area contributed by atoms with E-state index in [9.17, 15) is 9.59 Å². The molecule has 0 spiro atoms. The monoisotopic (exact) mass is 334 g/mol. The SMILES string of the molecule is Cc1nc2cc(NC(=O)Cc3n[nH]c(=O)c4ccccc34)ccc2o1. The number of H-pyrrole nitrogens is 1. The molecular weight excluding hydrogens is 320 g/mol. The van der Waals surface area contributed by atoms with Crippen LogP contribution in [-0.2, 0) is 11.2 Å². The molecule has 0 aliphatic rings. The van der Waals surface area contributed by atoms with Crippen LogP contribution < -0.4 is 10.9 Å². The Bertz CT molecular complexity index is 1160. The van der Waals surface area contributed by atoms with Crippen LogP contribution in [0.1, 0.15) is 11.6 Å². The highest BCUT2D eigenvalue weighted by molar-refractivity contribution is 5.96. The number of carbonyl (C=O) groups excluding carboxylic acids is 1. The molecule has 0 unspecified atom stereocenters. The number of aromatic nitrogens is 3. The van der Waals surface area contributed by atoms with Gasteiger partial charge in [0.2, 0.25) is 5.91 Å².